The highest BCUT2D eigenvalue weighted by molar-refractivity contribution is 7.10. The summed E-state index contributed by atoms with van der Waals surface area (Å²) in [5.41, 5.74) is 0.664. The van der Waals surface area contributed by atoms with E-state index in [1.807, 2.05) is 17.5 Å². The lowest BCUT2D eigenvalue weighted by Gasteiger charge is -2.20. The van der Waals surface area contributed by atoms with Gasteiger partial charge in [0.25, 0.3) is 0 Å². The normalized spacial score (nSPS) is 11.9. The van der Waals surface area contributed by atoms with Crippen molar-refractivity contribution in [3.8, 4) is 0 Å². The molecule has 0 spiro atoms. The van der Waals surface area contributed by atoms with E-state index >= 15 is 0 Å². The average molecular weight is 311 g/mol. The van der Waals surface area contributed by atoms with Gasteiger partial charge in [-0.2, -0.15) is 0 Å². The van der Waals surface area contributed by atoms with Gasteiger partial charge >= 0.3 is 6.03 Å². The molecule has 1 unspecified atom stereocenters. The van der Waals surface area contributed by atoms with E-state index in [0.717, 1.165) is 4.88 Å². The number of halogens is 1. The van der Waals surface area contributed by atoms with E-state index < -0.39 is 6.10 Å². The number of aliphatic hydroxyl groups is 1. The summed E-state index contributed by atoms with van der Waals surface area (Å²) < 4.78 is 0. The minimum Gasteiger partial charge on any atom is -0.386 e. The molecular formula is C14H15ClN2O2S. The van der Waals surface area contributed by atoms with E-state index in [9.17, 15) is 9.90 Å². The zero-order valence-electron chi connectivity index (χ0n) is 10.9. The first-order valence-electron chi connectivity index (χ1n) is 6.05. The fourth-order valence-corrected chi connectivity index (χ4v) is 2.49. The molecule has 2 N–H and O–H groups in total. The van der Waals surface area contributed by atoms with Crippen LogP contribution >= 0.6 is 22.9 Å². The Balaban J connectivity index is 1.90. The number of aliphatic hydroxyl groups excluding tert-OH is 1. The Bertz CT molecular complexity index is 557. The number of benzene rings is 1. The molecule has 2 aromatic rings. The Morgan fingerprint density at radius 1 is 1.40 bits per heavy atom. The summed E-state index contributed by atoms with van der Waals surface area (Å²) >= 11 is 7.25. The van der Waals surface area contributed by atoms with Crippen molar-refractivity contribution < 1.29 is 9.90 Å². The molecular weight excluding hydrogens is 296 g/mol. The maximum atomic E-state index is 12.0. The van der Waals surface area contributed by atoms with Crippen molar-refractivity contribution in [3.63, 3.8) is 0 Å². The third kappa shape index (κ3) is 3.96. The second-order valence-electron chi connectivity index (χ2n) is 4.35. The second kappa shape index (κ2) is 6.74. The van der Waals surface area contributed by atoms with Crippen molar-refractivity contribution in [2.45, 2.75) is 6.10 Å². The number of carbonyl (C=O) groups is 1. The maximum Gasteiger partial charge on any atom is 0.321 e. The van der Waals surface area contributed by atoms with E-state index in [0.29, 0.717) is 10.7 Å². The van der Waals surface area contributed by atoms with Gasteiger partial charge in [-0.1, -0.05) is 17.7 Å². The fraction of sp³-hybridized carbons (Fsp3) is 0.214. The van der Waals surface area contributed by atoms with Gasteiger partial charge in [0.1, 0.15) is 6.10 Å². The van der Waals surface area contributed by atoms with Crippen LogP contribution in [0.3, 0.4) is 0 Å². The molecule has 1 atom stereocenters. The molecule has 0 aliphatic rings. The van der Waals surface area contributed by atoms with Gasteiger partial charge in [0.15, 0.2) is 0 Å². The third-order valence-electron chi connectivity index (χ3n) is 2.76. The lowest BCUT2D eigenvalue weighted by Crippen LogP contribution is -2.34. The molecule has 2 rings (SSSR count). The van der Waals surface area contributed by atoms with Gasteiger partial charge in [-0.3, -0.25) is 0 Å². The molecule has 0 radical (unpaired) electrons. The molecule has 0 saturated carbocycles. The Morgan fingerprint density at radius 2 is 2.10 bits per heavy atom. The quantitative estimate of drug-likeness (QED) is 0.906. The summed E-state index contributed by atoms with van der Waals surface area (Å²) in [6.07, 6.45) is -0.670. The minimum absolute atomic E-state index is 0.236. The largest absolute Gasteiger partial charge is 0.386 e. The second-order valence-corrected chi connectivity index (χ2v) is 5.76. The summed E-state index contributed by atoms with van der Waals surface area (Å²) in [4.78, 5) is 14.3. The molecule has 6 heteroatoms. The lowest BCUT2D eigenvalue weighted by molar-refractivity contribution is 0.139. The Hall–Kier alpha value is -1.56. The van der Waals surface area contributed by atoms with E-state index in [4.69, 9.17) is 11.6 Å². The number of nitrogens with zero attached hydrogens (tertiary/aromatic N) is 1. The number of anilines is 1. The smallest absolute Gasteiger partial charge is 0.321 e. The first kappa shape index (κ1) is 14.8. The standard InChI is InChI=1S/C14H15ClN2O2S/c1-17(9-12(18)13-3-2-8-20-13)14(19)16-11-6-4-10(15)5-7-11/h2-8,12,18H,9H2,1H3,(H,16,19). The third-order valence-corrected chi connectivity index (χ3v) is 3.99. The summed E-state index contributed by atoms with van der Waals surface area (Å²) in [6, 6.07) is 10.3. The van der Waals surface area contributed by atoms with Crippen LogP contribution in [0.1, 0.15) is 11.0 Å². The molecule has 4 nitrogen and oxygen atoms in total. The van der Waals surface area contributed by atoms with Crippen LogP contribution in [0.4, 0.5) is 10.5 Å². The number of amides is 2. The topological polar surface area (TPSA) is 52.6 Å². The molecule has 106 valence electrons. The van der Waals surface area contributed by atoms with Crippen molar-refractivity contribution in [3.05, 3.63) is 51.7 Å². The Labute approximate surface area is 126 Å². The number of nitrogens with one attached hydrogen (secondary N) is 1. The summed E-state index contributed by atoms with van der Waals surface area (Å²) in [7, 11) is 1.64. The SMILES string of the molecule is CN(CC(O)c1cccs1)C(=O)Nc1ccc(Cl)cc1. The molecule has 2 amide bonds. The number of hydrogen-bond donors (Lipinski definition) is 2. The molecule has 0 saturated heterocycles. The van der Waals surface area contributed by atoms with E-state index in [2.05, 4.69) is 5.32 Å². The average Bonchev–Trinajstić information content (AvgIpc) is 2.95. The van der Waals surface area contributed by atoms with Gasteiger partial charge in [-0.05, 0) is 35.7 Å². The van der Waals surface area contributed by atoms with Crippen molar-refractivity contribution in [1.82, 2.24) is 4.90 Å². The summed E-state index contributed by atoms with van der Waals surface area (Å²) in [5.74, 6) is 0. The van der Waals surface area contributed by atoms with Crippen molar-refractivity contribution >= 4 is 34.7 Å². The summed E-state index contributed by atoms with van der Waals surface area (Å²) in [6.45, 7) is 0.236. The minimum atomic E-state index is -0.670. The number of likely N-dealkylation sites (N-methyl/N-ethyl adjacent to an activating group) is 1. The van der Waals surface area contributed by atoms with Crippen LogP contribution in [0.25, 0.3) is 0 Å². The van der Waals surface area contributed by atoms with Crippen molar-refractivity contribution in [2.24, 2.45) is 0 Å². The zero-order valence-corrected chi connectivity index (χ0v) is 12.5. The highest BCUT2D eigenvalue weighted by atomic mass is 35.5. The highest BCUT2D eigenvalue weighted by Crippen LogP contribution is 2.20. The van der Waals surface area contributed by atoms with E-state index in [1.54, 1.807) is 31.3 Å². The van der Waals surface area contributed by atoms with Crippen molar-refractivity contribution in [1.29, 1.82) is 0 Å². The highest BCUT2D eigenvalue weighted by Gasteiger charge is 2.15. The number of urea groups is 1. The van der Waals surface area contributed by atoms with Crippen LogP contribution in [0.15, 0.2) is 41.8 Å². The number of rotatable bonds is 4. The van der Waals surface area contributed by atoms with Gasteiger partial charge in [-0.25, -0.2) is 4.79 Å². The fourth-order valence-electron chi connectivity index (χ4n) is 1.67. The molecule has 0 aliphatic carbocycles. The predicted octanol–water partition coefficient (Wildman–Crippen LogP) is 3.60. The number of hydrogen-bond acceptors (Lipinski definition) is 3. The molecule has 1 aromatic heterocycles. The number of thiophene rings is 1. The van der Waals surface area contributed by atoms with Gasteiger partial charge < -0.3 is 15.3 Å². The van der Waals surface area contributed by atoms with Crippen LogP contribution in [0, 0.1) is 0 Å². The summed E-state index contributed by atoms with van der Waals surface area (Å²) in [5, 5.41) is 15.3. The first-order chi connectivity index (χ1) is 9.56. The molecule has 0 aliphatic heterocycles. The monoisotopic (exact) mass is 310 g/mol. The van der Waals surface area contributed by atoms with Gasteiger partial charge in [0.05, 0.1) is 6.54 Å². The van der Waals surface area contributed by atoms with Crippen LogP contribution < -0.4 is 5.32 Å². The predicted molar refractivity (Wildman–Crippen MR) is 82.4 cm³/mol. The van der Waals surface area contributed by atoms with Crippen molar-refractivity contribution in [2.75, 3.05) is 18.9 Å². The molecule has 1 aromatic carbocycles. The molecule has 20 heavy (non-hydrogen) atoms. The van der Waals surface area contributed by atoms with Crippen LogP contribution in [0.2, 0.25) is 5.02 Å². The van der Waals surface area contributed by atoms with Crippen LogP contribution in [0.5, 0.6) is 0 Å². The van der Waals surface area contributed by atoms with Crippen LogP contribution in [-0.2, 0) is 0 Å². The first-order valence-corrected chi connectivity index (χ1v) is 7.31. The lowest BCUT2D eigenvalue weighted by atomic mass is 10.3. The van der Waals surface area contributed by atoms with Gasteiger partial charge in [-0.15, -0.1) is 11.3 Å². The zero-order chi connectivity index (χ0) is 14.5. The molecule has 1 heterocycles. The van der Waals surface area contributed by atoms with E-state index in [1.165, 1.54) is 16.2 Å². The number of carbonyl (C=O) groups excluding carboxylic acids is 1. The van der Waals surface area contributed by atoms with Gasteiger partial charge in [0.2, 0.25) is 0 Å². The Morgan fingerprint density at radius 3 is 2.70 bits per heavy atom. The Kier molecular flexibility index (Phi) is 5.00. The molecule has 0 fully saturated rings. The molecule has 0 bridgehead atoms. The van der Waals surface area contributed by atoms with Gasteiger partial charge in [0, 0.05) is 22.6 Å². The van der Waals surface area contributed by atoms with E-state index in [-0.39, 0.29) is 12.6 Å². The maximum absolute atomic E-state index is 12.0. The van der Waals surface area contributed by atoms with Crippen LogP contribution in [-0.4, -0.2) is 29.6 Å².